The van der Waals surface area contributed by atoms with Gasteiger partial charge in [-0.1, -0.05) is 0 Å². The fourth-order valence-corrected chi connectivity index (χ4v) is 1.43. The van der Waals surface area contributed by atoms with Gasteiger partial charge < -0.3 is 5.32 Å². The van der Waals surface area contributed by atoms with Crippen molar-refractivity contribution in [3.8, 4) is 0 Å². The molecule has 0 aliphatic carbocycles. The van der Waals surface area contributed by atoms with Gasteiger partial charge in [0.25, 0.3) is 0 Å². The van der Waals surface area contributed by atoms with Crippen molar-refractivity contribution in [1.29, 1.82) is 0 Å². The first kappa shape index (κ1) is 9.76. The van der Waals surface area contributed by atoms with Gasteiger partial charge in [0.1, 0.15) is 0 Å². The molecule has 2 heterocycles. The molecular formula is C10H15N5. The first-order valence-corrected chi connectivity index (χ1v) is 5.05. The third kappa shape index (κ3) is 2.18. The van der Waals surface area contributed by atoms with Crippen molar-refractivity contribution < 1.29 is 0 Å². The Hall–Kier alpha value is -1.78. The highest BCUT2D eigenvalue weighted by Gasteiger charge is 2.03. The number of aromatic nitrogens is 4. The Kier molecular flexibility index (Phi) is 2.71. The molecule has 0 radical (unpaired) electrons. The van der Waals surface area contributed by atoms with Gasteiger partial charge in [-0.2, -0.15) is 10.2 Å². The summed E-state index contributed by atoms with van der Waals surface area (Å²) in [6, 6.07) is 1.95. The third-order valence-electron chi connectivity index (χ3n) is 2.30. The Bertz CT molecular complexity index is 415. The Morgan fingerprint density at radius 1 is 1.53 bits per heavy atom. The number of aryl methyl sites for hydroxylation is 2. The number of rotatable bonds is 4. The zero-order chi connectivity index (χ0) is 10.7. The minimum Gasteiger partial charge on any atom is -0.377 e. The summed E-state index contributed by atoms with van der Waals surface area (Å²) in [5, 5.41) is 14.5. The van der Waals surface area contributed by atoms with Crippen LogP contribution in [0.5, 0.6) is 0 Å². The number of H-pyrrole nitrogens is 1. The van der Waals surface area contributed by atoms with Gasteiger partial charge >= 0.3 is 0 Å². The summed E-state index contributed by atoms with van der Waals surface area (Å²) in [5.41, 5.74) is 3.17. The molecule has 80 valence electrons. The molecule has 0 spiro atoms. The maximum absolute atomic E-state index is 4.36. The van der Waals surface area contributed by atoms with Gasteiger partial charge in [-0.25, -0.2) is 0 Å². The molecule has 0 aromatic carbocycles. The number of anilines is 1. The normalized spacial score (nSPS) is 10.5. The topological polar surface area (TPSA) is 58.5 Å². The van der Waals surface area contributed by atoms with Crippen LogP contribution in [0.1, 0.15) is 18.3 Å². The van der Waals surface area contributed by atoms with E-state index in [-0.39, 0.29) is 0 Å². The summed E-state index contributed by atoms with van der Waals surface area (Å²) < 4.78 is 1.92. The number of hydrogen-bond donors (Lipinski definition) is 2. The molecule has 0 atom stereocenters. The zero-order valence-corrected chi connectivity index (χ0v) is 8.99. The van der Waals surface area contributed by atoms with Crippen molar-refractivity contribution in [1.82, 2.24) is 20.0 Å². The summed E-state index contributed by atoms with van der Waals surface area (Å²) in [6.45, 7) is 5.72. The summed E-state index contributed by atoms with van der Waals surface area (Å²) in [4.78, 5) is 0. The molecule has 5 nitrogen and oxygen atoms in total. The molecule has 0 bridgehead atoms. The Labute approximate surface area is 88.5 Å². The molecule has 2 aromatic rings. The van der Waals surface area contributed by atoms with Crippen LogP contribution in [-0.2, 0) is 13.1 Å². The van der Waals surface area contributed by atoms with E-state index in [2.05, 4.69) is 27.5 Å². The van der Waals surface area contributed by atoms with E-state index in [1.807, 2.05) is 23.9 Å². The molecule has 2 rings (SSSR count). The summed E-state index contributed by atoms with van der Waals surface area (Å²) in [6.07, 6.45) is 3.77. The van der Waals surface area contributed by atoms with Crippen LogP contribution in [0.2, 0.25) is 0 Å². The highest BCUT2D eigenvalue weighted by atomic mass is 15.3. The van der Waals surface area contributed by atoms with Gasteiger partial charge in [0, 0.05) is 18.9 Å². The SMILES string of the molecule is CCn1cc(NCc2ccn[nH]2)c(C)n1. The second-order valence-electron chi connectivity index (χ2n) is 3.42. The molecule has 0 amide bonds. The van der Waals surface area contributed by atoms with E-state index in [0.717, 1.165) is 30.2 Å². The lowest BCUT2D eigenvalue weighted by atomic mass is 10.3. The average molecular weight is 205 g/mol. The molecule has 0 saturated carbocycles. The van der Waals surface area contributed by atoms with Gasteiger partial charge in [0.15, 0.2) is 0 Å². The first-order chi connectivity index (χ1) is 7.29. The van der Waals surface area contributed by atoms with E-state index in [1.165, 1.54) is 0 Å². The van der Waals surface area contributed by atoms with E-state index < -0.39 is 0 Å². The lowest BCUT2D eigenvalue weighted by Gasteiger charge is -2.01. The molecule has 0 unspecified atom stereocenters. The Morgan fingerprint density at radius 2 is 2.40 bits per heavy atom. The maximum atomic E-state index is 4.36. The lowest BCUT2D eigenvalue weighted by molar-refractivity contribution is 0.653. The van der Waals surface area contributed by atoms with Crippen LogP contribution in [0.25, 0.3) is 0 Å². The first-order valence-electron chi connectivity index (χ1n) is 5.05. The zero-order valence-electron chi connectivity index (χ0n) is 8.99. The minimum atomic E-state index is 0.746. The molecule has 0 saturated heterocycles. The van der Waals surface area contributed by atoms with Gasteiger partial charge in [0.2, 0.25) is 0 Å². The molecular weight excluding hydrogens is 190 g/mol. The largest absolute Gasteiger partial charge is 0.377 e. The maximum Gasteiger partial charge on any atom is 0.0825 e. The standard InChI is InChI=1S/C10H15N5/c1-3-15-7-10(8(2)14-15)11-6-9-4-5-12-13-9/h4-5,7,11H,3,6H2,1-2H3,(H,12,13). The quantitative estimate of drug-likeness (QED) is 0.796. The van der Waals surface area contributed by atoms with E-state index >= 15 is 0 Å². The van der Waals surface area contributed by atoms with Crippen LogP contribution in [0.3, 0.4) is 0 Å². The number of nitrogens with one attached hydrogen (secondary N) is 2. The van der Waals surface area contributed by atoms with E-state index in [1.54, 1.807) is 6.20 Å². The molecule has 0 aliphatic heterocycles. The van der Waals surface area contributed by atoms with Gasteiger partial charge in [-0.05, 0) is 19.9 Å². The smallest absolute Gasteiger partial charge is 0.0825 e. The van der Waals surface area contributed by atoms with Crippen molar-refractivity contribution in [2.45, 2.75) is 26.9 Å². The molecule has 0 aliphatic rings. The van der Waals surface area contributed by atoms with Crippen LogP contribution in [0.15, 0.2) is 18.5 Å². The molecule has 5 heteroatoms. The Morgan fingerprint density at radius 3 is 3.00 bits per heavy atom. The monoisotopic (exact) mass is 205 g/mol. The predicted molar refractivity (Wildman–Crippen MR) is 58.6 cm³/mol. The van der Waals surface area contributed by atoms with Crippen LogP contribution in [0, 0.1) is 6.92 Å². The van der Waals surface area contributed by atoms with Gasteiger partial charge in [0.05, 0.1) is 23.6 Å². The third-order valence-corrected chi connectivity index (χ3v) is 2.30. The molecule has 2 N–H and O–H groups in total. The predicted octanol–water partition coefficient (Wildman–Crippen LogP) is 1.55. The van der Waals surface area contributed by atoms with E-state index in [0.29, 0.717) is 0 Å². The van der Waals surface area contributed by atoms with Crippen molar-refractivity contribution >= 4 is 5.69 Å². The van der Waals surface area contributed by atoms with Gasteiger partial charge in [-0.3, -0.25) is 9.78 Å². The number of hydrogen-bond acceptors (Lipinski definition) is 3. The van der Waals surface area contributed by atoms with Crippen molar-refractivity contribution in [2.75, 3.05) is 5.32 Å². The highest BCUT2D eigenvalue weighted by Crippen LogP contribution is 2.12. The Balaban J connectivity index is 2.01. The highest BCUT2D eigenvalue weighted by molar-refractivity contribution is 5.45. The minimum absolute atomic E-state index is 0.746. The second-order valence-corrected chi connectivity index (χ2v) is 3.42. The fraction of sp³-hybridized carbons (Fsp3) is 0.400. The molecule has 0 fully saturated rings. The van der Waals surface area contributed by atoms with Crippen molar-refractivity contribution in [3.63, 3.8) is 0 Å². The molecule has 2 aromatic heterocycles. The van der Waals surface area contributed by atoms with Crippen molar-refractivity contribution in [3.05, 3.63) is 29.8 Å². The van der Waals surface area contributed by atoms with Crippen molar-refractivity contribution in [2.24, 2.45) is 0 Å². The van der Waals surface area contributed by atoms with Gasteiger partial charge in [-0.15, -0.1) is 0 Å². The summed E-state index contributed by atoms with van der Waals surface area (Å²) in [7, 11) is 0. The van der Waals surface area contributed by atoms with Crippen LogP contribution >= 0.6 is 0 Å². The van der Waals surface area contributed by atoms with Crippen LogP contribution < -0.4 is 5.32 Å². The number of nitrogens with zero attached hydrogens (tertiary/aromatic N) is 3. The average Bonchev–Trinajstić information content (AvgIpc) is 2.84. The van der Waals surface area contributed by atoms with E-state index in [4.69, 9.17) is 0 Å². The second kappa shape index (κ2) is 4.16. The fourth-order valence-electron chi connectivity index (χ4n) is 1.43. The lowest BCUT2D eigenvalue weighted by Crippen LogP contribution is -1.99. The molecule has 15 heavy (non-hydrogen) atoms. The number of aromatic amines is 1. The van der Waals surface area contributed by atoms with Crippen LogP contribution in [-0.4, -0.2) is 20.0 Å². The summed E-state index contributed by atoms with van der Waals surface area (Å²) >= 11 is 0. The van der Waals surface area contributed by atoms with E-state index in [9.17, 15) is 0 Å². The van der Waals surface area contributed by atoms with Crippen LogP contribution in [0.4, 0.5) is 5.69 Å². The summed E-state index contributed by atoms with van der Waals surface area (Å²) in [5.74, 6) is 0.